The molecule has 1 aliphatic heterocycles. The molecular weight excluding hydrogens is 314 g/mol. The highest BCUT2D eigenvalue weighted by Crippen LogP contribution is 2.38. The lowest BCUT2D eigenvalue weighted by molar-refractivity contribution is 0.415. The van der Waals surface area contributed by atoms with Crippen LogP contribution < -0.4 is 9.54 Å². The summed E-state index contributed by atoms with van der Waals surface area (Å²) in [5.41, 5.74) is 0.819. The van der Waals surface area contributed by atoms with E-state index in [1.807, 2.05) is 12.1 Å². The lowest BCUT2D eigenvalue weighted by Gasteiger charge is -2.12. The van der Waals surface area contributed by atoms with Crippen molar-refractivity contribution in [1.82, 2.24) is 8.94 Å². The van der Waals surface area contributed by atoms with E-state index in [-0.39, 0.29) is 4.75 Å². The Morgan fingerprint density at radius 3 is 3.00 bits per heavy atom. The Balaban J connectivity index is 2.03. The molecule has 0 spiro atoms. The Kier molecular flexibility index (Phi) is 3.56. The average molecular weight is 328 g/mol. The molecule has 0 saturated heterocycles. The number of hydrogen-bond acceptors (Lipinski definition) is 5. The topological polar surface area (TPSA) is 39.4 Å². The van der Waals surface area contributed by atoms with Gasteiger partial charge in [-0.25, -0.2) is 4.99 Å². The molecule has 106 valence electrons. The maximum atomic E-state index is 6.02. The van der Waals surface area contributed by atoms with Gasteiger partial charge in [-0.05, 0) is 26.0 Å². The maximum absolute atomic E-state index is 6.02. The molecule has 1 aromatic carbocycles. The van der Waals surface area contributed by atoms with E-state index in [1.165, 1.54) is 11.5 Å². The van der Waals surface area contributed by atoms with Gasteiger partial charge < -0.3 is 4.74 Å². The summed E-state index contributed by atoms with van der Waals surface area (Å²) in [5.74, 6) is 0.633. The quantitative estimate of drug-likeness (QED) is 0.843. The fourth-order valence-electron chi connectivity index (χ4n) is 2.04. The van der Waals surface area contributed by atoms with Crippen molar-refractivity contribution < 1.29 is 4.74 Å². The van der Waals surface area contributed by atoms with Gasteiger partial charge in [-0.15, -0.1) is 0 Å². The number of nitrogens with zero attached hydrogens (tertiary/aromatic N) is 3. The Hall–Kier alpha value is -0.980. The third-order valence-corrected chi connectivity index (χ3v) is 5.28. The minimum absolute atomic E-state index is 0.179. The molecule has 0 bridgehead atoms. The minimum atomic E-state index is 0.179. The third-order valence-electron chi connectivity index (χ3n) is 2.93. The molecule has 4 nitrogen and oxygen atoms in total. The molecule has 3 rings (SSSR count). The first-order chi connectivity index (χ1) is 9.48. The third kappa shape index (κ3) is 2.60. The summed E-state index contributed by atoms with van der Waals surface area (Å²) in [5, 5.41) is 1.63. The number of benzene rings is 1. The summed E-state index contributed by atoms with van der Waals surface area (Å²) in [4.78, 5) is 5.56. The number of ether oxygens (including phenoxy) is 1. The van der Waals surface area contributed by atoms with Crippen molar-refractivity contribution in [1.29, 1.82) is 0 Å². The maximum Gasteiger partial charge on any atom is 0.210 e. The summed E-state index contributed by atoms with van der Waals surface area (Å²) in [6, 6.07) is 5.51. The van der Waals surface area contributed by atoms with Crippen molar-refractivity contribution >= 4 is 40.6 Å². The van der Waals surface area contributed by atoms with E-state index in [0.717, 1.165) is 22.2 Å². The van der Waals surface area contributed by atoms with Crippen LogP contribution in [0.25, 0.3) is 0 Å². The van der Waals surface area contributed by atoms with E-state index in [9.17, 15) is 0 Å². The van der Waals surface area contributed by atoms with E-state index in [4.69, 9.17) is 16.3 Å². The molecule has 2 heterocycles. The first-order valence-corrected chi connectivity index (χ1v) is 8.09. The molecular formula is C13H14ClN3OS2. The van der Waals surface area contributed by atoms with Crippen molar-refractivity contribution in [3.8, 4) is 5.75 Å². The van der Waals surface area contributed by atoms with Crippen molar-refractivity contribution in [2.75, 3.05) is 7.11 Å². The Bertz CT molecular complexity index is 721. The first kappa shape index (κ1) is 14.0. The summed E-state index contributed by atoms with van der Waals surface area (Å²) in [6.07, 6.45) is 0. The zero-order valence-electron chi connectivity index (χ0n) is 11.4. The summed E-state index contributed by atoms with van der Waals surface area (Å²) < 4.78 is 12.0. The van der Waals surface area contributed by atoms with Gasteiger partial charge in [0, 0.05) is 28.9 Å². The average Bonchev–Trinajstić information content (AvgIpc) is 2.88. The van der Waals surface area contributed by atoms with Gasteiger partial charge in [-0.1, -0.05) is 23.4 Å². The van der Waals surface area contributed by atoms with Crippen LogP contribution in [0.2, 0.25) is 5.02 Å². The van der Waals surface area contributed by atoms with Gasteiger partial charge in [0.2, 0.25) is 4.80 Å². The smallest absolute Gasteiger partial charge is 0.210 e. The van der Waals surface area contributed by atoms with Crippen LogP contribution in [0.15, 0.2) is 28.3 Å². The molecule has 7 heteroatoms. The zero-order valence-corrected chi connectivity index (χ0v) is 13.8. The van der Waals surface area contributed by atoms with Gasteiger partial charge in [0.05, 0.1) is 17.8 Å². The van der Waals surface area contributed by atoms with Gasteiger partial charge in [0.1, 0.15) is 5.75 Å². The van der Waals surface area contributed by atoms with Crippen molar-refractivity contribution in [3.63, 3.8) is 0 Å². The van der Waals surface area contributed by atoms with Gasteiger partial charge in [0.25, 0.3) is 0 Å². The molecule has 0 radical (unpaired) electrons. The normalized spacial score (nSPS) is 17.3. The van der Waals surface area contributed by atoms with E-state index >= 15 is 0 Å². The highest BCUT2D eigenvalue weighted by molar-refractivity contribution is 8.00. The fourth-order valence-corrected chi connectivity index (χ4v) is 4.16. The number of rotatable bonds is 2. The first-order valence-electron chi connectivity index (χ1n) is 6.12. The number of hydrogen-bond donors (Lipinski definition) is 0. The Morgan fingerprint density at radius 2 is 2.25 bits per heavy atom. The zero-order chi connectivity index (χ0) is 14.3. The summed E-state index contributed by atoms with van der Waals surface area (Å²) >= 11 is 9.23. The second-order valence-corrected chi connectivity index (χ2v) is 7.94. The van der Waals surface area contributed by atoms with Crippen LogP contribution in [0.5, 0.6) is 5.75 Å². The standard InChI is InChI=1S/C13H14ClN3OS2/c1-13(2)7-17-11(20-16-12(17)19-13)15-8-4-5-9(14)10(6-8)18-3/h4-6H,7H2,1-3H3. The molecule has 0 N–H and O–H groups in total. The van der Waals surface area contributed by atoms with Crippen LogP contribution in [0.1, 0.15) is 13.8 Å². The molecule has 0 unspecified atom stereocenters. The molecule has 1 aromatic heterocycles. The highest BCUT2D eigenvalue weighted by Gasteiger charge is 2.31. The van der Waals surface area contributed by atoms with Crippen LogP contribution in [0, 0.1) is 0 Å². The molecule has 20 heavy (non-hydrogen) atoms. The predicted molar refractivity (Wildman–Crippen MR) is 83.3 cm³/mol. The van der Waals surface area contributed by atoms with Crippen molar-refractivity contribution in [3.05, 3.63) is 28.0 Å². The number of fused-ring (bicyclic) bond motifs is 1. The lowest BCUT2D eigenvalue weighted by Crippen LogP contribution is -2.21. The largest absolute Gasteiger partial charge is 0.495 e. The molecule has 2 aromatic rings. The van der Waals surface area contributed by atoms with E-state index < -0.39 is 0 Å². The highest BCUT2D eigenvalue weighted by atomic mass is 35.5. The number of halogens is 1. The molecule has 0 atom stereocenters. The van der Waals surface area contributed by atoms with Crippen LogP contribution >= 0.6 is 34.9 Å². The van der Waals surface area contributed by atoms with Gasteiger partial charge in [0.15, 0.2) is 5.16 Å². The van der Waals surface area contributed by atoms with Crippen molar-refractivity contribution in [2.45, 2.75) is 30.3 Å². The Labute approximate surface area is 130 Å². The minimum Gasteiger partial charge on any atom is -0.495 e. The van der Waals surface area contributed by atoms with Crippen LogP contribution in [0.4, 0.5) is 5.69 Å². The SMILES string of the molecule is COc1cc(N=c2snc3n2CC(C)(C)S3)ccc1Cl. The lowest BCUT2D eigenvalue weighted by atomic mass is 10.2. The van der Waals surface area contributed by atoms with Gasteiger partial charge in [-0.2, -0.15) is 4.37 Å². The van der Waals surface area contributed by atoms with Gasteiger partial charge in [-0.3, -0.25) is 4.57 Å². The molecule has 0 fully saturated rings. The fraction of sp³-hybridized carbons (Fsp3) is 0.385. The molecule has 1 aliphatic rings. The second kappa shape index (κ2) is 5.09. The molecule has 0 amide bonds. The van der Waals surface area contributed by atoms with E-state index in [1.54, 1.807) is 24.9 Å². The number of methoxy groups -OCH3 is 1. The second-order valence-electron chi connectivity index (χ2n) is 5.13. The number of thioether (sulfide) groups is 1. The Morgan fingerprint density at radius 1 is 1.45 bits per heavy atom. The summed E-state index contributed by atoms with van der Waals surface area (Å²) in [7, 11) is 1.60. The van der Waals surface area contributed by atoms with Crippen LogP contribution in [-0.4, -0.2) is 20.8 Å². The number of aromatic nitrogens is 2. The van der Waals surface area contributed by atoms with Crippen LogP contribution in [0.3, 0.4) is 0 Å². The molecule has 0 saturated carbocycles. The van der Waals surface area contributed by atoms with E-state index in [0.29, 0.717) is 10.8 Å². The van der Waals surface area contributed by atoms with Gasteiger partial charge >= 0.3 is 0 Å². The monoisotopic (exact) mass is 327 g/mol. The van der Waals surface area contributed by atoms with Crippen LogP contribution in [-0.2, 0) is 6.54 Å². The predicted octanol–water partition coefficient (Wildman–Crippen LogP) is 3.72. The molecule has 0 aliphatic carbocycles. The van der Waals surface area contributed by atoms with E-state index in [2.05, 4.69) is 27.8 Å². The summed E-state index contributed by atoms with van der Waals surface area (Å²) in [6.45, 7) is 5.35. The van der Waals surface area contributed by atoms with Crippen molar-refractivity contribution in [2.24, 2.45) is 4.99 Å².